The number of fused-ring (bicyclic) bond motifs is 5. The number of rotatable bonds is 4. The van der Waals surface area contributed by atoms with Crippen molar-refractivity contribution in [1.82, 2.24) is 20.2 Å². The Morgan fingerprint density at radius 1 is 1.11 bits per heavy atom. The number of anilines is 1. The van der Waals surface area contributed by atoms with Crippen LogP contribution in [0.3, 0.4) is 0 Å². The quantitative estimate of drug-likeness (QED) is 0.704. The monoisotopic (exact) mass is 475 g/mol. The smallest absolute Gasteiger partial charge is 0.318 e. The van der Waals surface area contributed by atoms with Gasteiger partial charge in [0.05, 0.1) is 5.69 Å². The third-order valence-electron chi connectivity index (χ3n) is 9.54. The molecule has 1 unspecified atom stereocenters. The summed E-state index contributed by atoms with van der Waals surface area (Å²) < 4.78 is 6.32. The zero-order valence-corrected chi connectivity index (χ0v) is 20.8. The highest BCUT2D eigenvalue weighted by Crippen LogP contribution is 2.49. The van der Waals surface area contributed by atoms with Crippen LogP contribution in [0, 0.1) is 0 Å². The fraction of sp³-hybridized carbons (Fsp3) is 0.643. The summed E-state index contributed by atoms with van der Waals surface area (Å²) in [4.78, 5) is 15.0. The van der Waals surface area contributed by atoms with Gasteiger partial charge in [-0.25, -0.2) is 0 Å². The van der Waals surface area contributed by atoms with Gasteiger partial charge in [0.1, 0.15) is 18.2 Å². The number of aryl methyl sites for hydroxylation is 1. The Balaban J connectivity index is 1.24. The molecule has 7 rings (SSSR count). The molecule has 1 aromatic heterocycles. The van der Waals surface area contributed by atoms with Crippen LogP contribution < -0.4 is 15.0 Å². The SMILES string of the molecule is CN1CCC[C@H]1COc1nc2c(c(N3C[C@H]4CC[C@@H](C3)N4)n1)CCC1(CCc3ccc(O)cc31)C2. The molecule has 35 heavy (non-hydrogen) atoms. The molecule has 186 valence electrons. The van der Waals surface area contributed by atoms with Gasteiger partial charge in [-0.1, -0.05) is 6.07 Å². The number of ether oxygens (including phenoxy) is 1. The number of phenolic OH excluding ortho intramolecular Hbond substituents is 1. The number of hydrogen-bond acceptors (Lipinski definition) is 7. The second kappa shape index (κ2) is 8.34. The van der Waals surface area contributed by atoms with Gasteiger partial charge in [-0.15, -0.1) is 0 Å². The molecule has 2 aliphatic carbocycles. The molecule has 3 fully saturated rings. The standard InChI is InChI=1S/C28H37N5O2/c1-32-12-2-3-21(32)17-35-27-30-25-14-28(10-8-18-4-7-22(34)13-24(18)28)11-9-23(25)26(31-27)33-15-19-5-6-20(16-33)29-19/h4,7,13,19-21,29,34H,2-3,5-6,8-12,14-17H2,1H3/t19-,20+,21-,28?/m0/s1. The second-order valence-electron chi connectivity index (χ2n) is 11.7. The number of likely N-dealkylation sites (N-methyl/N-ethyl adjacent to an activating group) is 1. The minimum absolute atomic E-state index is 0.0676. The maximum atomic E-state index is 10.3. The molecule has 0 saturated carbocycles. The first-order chi connectivity index (χ1) is 17.1. The number of aromatic hydroxyl groups is 1. The average molecular weight is 476 g/mol. The number of benzene rings is 1. The lowest BCUT2D eigenvalue weighted by atomic mass is 9.69. The van der Waals surface area contributed by atoms with Gasteiger partial charge in [-0.2, -0.15) is 9.97 Å². The van der Waals surface area contributed by atoms with Crippen LogP contribution >= 0.6 is 0 Å². The van der Waals surface area contributed by atoms with Crippen molar-refractivity contribution in [2.75, 3.05) is 38.2 Å². The zero-order valence-electron chi connectivity index (χ0n) is 20.8. The second-order valence-corrected chi connectivity index (χ2v) is 11.7. The van der Waals surface area contributed by atoms with Gasteiger partial charge >= 0.3 is 6.01 Å². The first-order valence-electron chi connectivity index (χ1n) is 13.6. The van der Waals surface area contributed by atoms with Crippen molar-refractivity contribution in [3.8, 4) is 11.8 Å². The molecule has 4 heterocycles. The maximum Gasteiger partial charge on any atom is 0.318 e. The van der Waals surface area contributed by atoms with Gasteiger partial charge in [0.2, 0.25) is 0 Å². The van der Waals surface area contributed by atoms with E-state index in [1.807, 2.05) is 12.1 Å². The van der Waals surface area contributed by atoms with Gasteiger partial charge < -0.3 is 25.0 Å². The fourth-order valence-electron chi connectivity index (χ4n) is 7.56. The van der Waals surface area contributed by atoms with Crippen molar-refractivity contribution in [3.63, 3.8) is 0 Å². The van der Waals surface area contributed by atoms with Crippen molar-refractivity contribution in [2.45, 2.75) is 81.3 Å². The summed E-state index contributed by atoms with van der Waals surface area (Å²) in [6.45, 7) is 3.84. The van der Waals surface area contributed by atoms with E-state index in [4.69, 9.17) is 14.7 Å². The lowest BCUT2D eigenvalue weighted by Gasteiger charge is -2.39. The predicted octanol–water partition coefficient (Wildman–Crippen LogP) is 2.97. The van der Waals surface area contributed by atoms with Crippen LogP contribution in [0.15, 0.2) is 18.2 Å². The lowest BCUT2D eigenvalue weighted by molar-refractivity contribution is 0.186. The van der Waals surface area contributed by atoms with E-state index >= 15 is 0 Å². The molecule has 7 heteroatoms. The van der Waals surface area contributed by atoms with Crippen LogP contribution in [-0.2, 0) is 24.7 Å². The van der Waals surface area contributed by atoms with Crippen molar-refractivity contribution < 1.29 is 9.84 Å². The van der Waals surface area contributed by atoms with Crippen LogP contribution in [-0.4, -0.2) is 71.4 Å². The largest absolute Gasteiger partial charge is 0.508 e. The Bertz CT molecular complexity index is 1130. The molecule has 0 amide bonds. The van der Waals surface area contributed by atoms with E-state index in [-0.39, 0.29) is 5.41 Å². The van der Waals surface area contributed by atoms with Crippen molar-refractivity contribution in [1.29, 1.82) is 0 Å². The Hall–Kier alpha value is -2.38. The number of piperazine rings is 1. The number of likely N-dealkylation sites (tertiary alicyclic amines) is 1. The summed E-state index contributed by atoms with van der Waals surface area (Å²) in [5, 5.41) is 14.0. The molecular weight excluding hydrogens is 438 g/mol. The van der Waals surface area contributed by atoms with E-state index in [0.717, 1.165) is 63.3 Å². The first kappa shape index (κ1) is 21.9. The molecule has 1 aromatic carbocycles. The molecular formula is C28H37N5O2. The maximum absolute atomic E-state index is 10.3. The average Bonchev–Trinajstić information content (AvgIpc) is 3.54. The molecule has 0 radical (unpaired) electrons. The van der Waals surface area contributed by atoms with E-state index in [1.54, 1.807) is 0 Å². The van der Waals surface area contributed by atoms with Crippen LogP contribution in [0.4, 0.5) is 5.82 Å². The summed E-state index contributed by atoms with van der Waals surface area (Å²) in [6, 6.07) is 8.09. The normalized spacial score (nSPS) is 31.7. The van der Waals surface area contributed by atoms with Crippen molar-refractivity contribution in [3.05, 3.63) is 40.6 Å². The third kappa shape index (κ3) is 3.78. The Labute approximate surface area is 207 Å². The zero-order chi connectivity index (χ0) is 23.6. The number of phenols is 1. The van der Waals surface area contributed by atoms with E-state index in [2.05, 4.69) is 28.2 Å². The highest BCUT2D eigenvalue weighted by atomic mass is 16.5. The Morgan fingerprint density at radius 2 is 1.94 bits per heavy atom. The van der Waals surface area contributed by atoms with Crippen LogP contribution in [0.2, 0.25) is 0 Å². The van der Waals surface area contributed by atoms with Crippen molar-refractivity contribution in [2.24, 2.45) is 0 Å². The number of aromatic nitrogens is 2. The first-order valence-corrected chi connectivity index (χ1v) is 13.6. The van der Waals surface area contributed by atoms with Crippen LogP contribution in [0.5, 0.6) is 11.8 Å². The molecule has 3 saturated heterocycles. The molecule has 7 nitrogen and oxygen atoms in total. The van der Waals surface area contributed by atoms with Crippen LogP contribution in [0.25, 0.3) is 0 Å². The molecule has 3 aliphatic heterocycles. The number of hydrogen-bond donors (Lipinski definition) is 2. The molecule has 5 aliphatic rings. The van der Waals surface area contributed by atoms with Gasteiger partial charge in [-0.05, 0) is 94.6 Å². The third-order valence-corrected chi connectivity index (χ3v) is 9.54. The molecule has 4 atom stereocenters. The van der Waals surface area contributed by atoms with Crippen LogP contribution in [0.1, 0.15) is 60.9 Å². The fourth-order valence-corrected chi connectivity index (χ4v) is 7.56. The molecule has 2 bridgehead atoms. The van der Waals surface area contributed by atoms with Gasteiger partial charge in [-0.3, -0.25) is 0 Å². The molecule has 2 aromatic rings. The van der Waals surface area contributed by atoms with Gasteiger partial charge in [0.25, 0.3) is 0 Å². The number of nitrogens with one attached hydrogen (secondary N) is 1. The van der Waals surface area contributed by atoms with E-state index in [1.165, 1.54) is 42.4 Å². The van der Waals surface area contributed by atoms with Crippen molar-refractivity contribution >= 4 is 5.82 Å². The molecule has 2 N–H and O–H groups in total. The Morgan fingerprint density at radius 3 is 2.74 bits per heavy atom. The Kier molecular flexibility index (Phi) is 5.21. The topological polar surface area (TPSA) is 73.8 Å². The summed E-state index contributed by atoms with van der Waals surface area (Å²) in [6.07, 6.45) is 10.1. The molecule has 1 spiro atoms. The summed E-state index contributed by atoms with van der Waals surface area (Å²) >= 11 is 0. The summed E-state index contributed by atoms with van der Waals surface area (Å²) in [7, 11) is 2.19. The van der Waals surface area contributed by atoms with Gasteiger partial charge in [0.15, 0.2) is 0 Å². The summed E-state index contributed by atoms with van der Waals surface area (Å²) in [5.41, 5.74) is 5.28. The minimum Gasteiger partial charge on any atom is -0.508 e. The van der Waals surface area contributed by atoms with E-state index in [9.17, 15) is 5.11 Å². The highest BCUT2D eigenvalue weighted by molar-refractivity contribution is 5.55. The minimum atomic E-state index is 0.0676. The number of nitrogens with zero attached hydrogens (tertiary/aromatic N) is 4. The van der Waals surface area contributed by atoms with E-state index in [0.29, 0.717) is 36.5 Å². The van der Waals surface area contributed by atoms with Gasteiger partial charge in [0, 0.05) is 42.2 Å². The lowest BCUT2D eigenvalue weighted by Crippen LogP contribution is -2.52. The predicted molar refractivity (Wildman–Crippen MR) is 135 cm³/mol. The summed E-state index contributed by atoms with van der Waals surface area (Å²) in [5.74, 6) is 1.49. The van der Waals surface area contributed by atoms with E-state index < -0.39 is 0 Å². The highest BCUT2D eigenvalue weighted by Gasteiger charge is 2.44.